The Hall–Kier alpha value is -1.83. The molecule has 1 amide bonds. The highest BCUT2D eigenvalue weighted by atomic mass is 35.5. The number of nitrogens with two attached hydrogens (primary N) is 1. The zero-order chi connectivity index (χ0) is 18.1. The number of amides is 1. The fraction of sp³-hybridized carbons (Fsp3) is 0.500. The van der Waals surface area contributed by atoms with Crippen LogP contribution in [0.3, 0.4) is 0 Å². The van der Waals surface area contributed by atoms with E-state index in [1.165, 1.54) is 6.07 Å². The number of hydrogen-bond acceptors (Lipinski definition) is 6. The number of nitrogens with one attached hydrogen (secondary N) is 1. The van der Waals surface area contributed by atoms with E-state index in [1.807, 2.05) is 0 Å². The summed E-state index contributed by atoms with van der Waals surface area (Å²) in [6, 6.07) is 4.57. The van der Waals surface area contributed by atoms with Gasteiger partial charge in [-0.25, -0.2) is 5.48 Å². The quantitative estimate of drug-likeness (QED) is 0.273. The largest absolute Gasteiger partial charge is 0.411 e. The second kappa shape index (κ2) is 10.1. The molecule has 0 saturated carbocycles. The summed E-state index contributed by atoms with van der Waals surface area (Å²) in [5.41, 5.74) is 9.11. The Kier molecular flexibility index (Phi) is 8.53. The normalized spacial score (nSPS) is 13.1. The van der Waals surface area contributed by atoms with Crippen molar-refractivity contribution in [3.05, 3.63) is 28.8 Å². The van der Waals surface area contributed by atoms with E-state index in [-0.39, 0.29) is 0 Å². The predicted octanol–water partition coefficient (Wildman–Crippen LogP) is 2.53. The highest BCUT2D eigenvalue weighted by Crippen LogP contribution is 2.19. The molecule has 8 heteroatoms. The number of benzene rings is 1. The van der Waals surface area contributed by atoms with Gasteiger partial charge in [0, 0.05) is 12.1 Å². The van der Waals surface area contributed by atoms with Crippen molar-refractivity contribution in [2.24, 2.45) is 5.16 Å². The van der Waals surface area contributed by atoms with E-state index in [1.54, 1.807) is 19.1 Å². The number of carbonyl (C=O) groups excluding carboxylic acids is 1. The molecule has 0 fully saturated rings. The monoisotopic (exact) mass is 356 g/mol. The molecule has 1 aromatic rings. The van der Waals surface area contributed by atoms with Crippen LogP contribution >= 0.6 is 11.6 Å². The zero-order valence-corrected chi connectivity index (χ0v) is 15.0. The number of hydroxylamine groups is 1. The Morgan fingerprint density at radius 2 is 2.12 bits per heavy atom. The first-order chi connectivity index (χ1) is 11.4. The van der Waals surface area contributed by atoms with E-state index in [0.29, 0.717) is 28.4 Å². The first-order valence-electron chi connectivity index (χ1n) is 7.84. The number of nitrogen functional groups attached to an aromatic ring is 1. The topological polar surface area (TPSA) is 100 Å². The van der Waals surface area contributed by atoms with Crippen molar-refractivity contribution in [3.8, 4) is 0 Å². The molecule has 0 saturated heterocycles. The molecule has 0 bridgehead atoms. The molecule has 1 aromatic carbocycles. The summed E-state index contributed by atoms with van der Waals surface area (Å²) in [7, 11) is 0. The minimum absolute atomic E-state index is 0.300. The predicted molar refractivity (Wildman–Crippen MR) is 95.5 cm³/mol. The molecule has 0 heterocycles. The number of hydrogen-bond donors (Lipinski definition) is 3. The van der Waals surface area contributed by atoms with Gasteiger partial charge < -0.3 is 15.8 Å². The molecule has 7 nitrogen and oxygen atoms in total. The van der Waals surface area contributed by atoms with Gasteiger partial charge in [-0.3, -0.25) is 9.63 Å². The van der Waals surface area contributed by atoms with Crippen molar-refractivity contribution in [2.75, 3.05) is 25.4 Å². The molecule has 24 heavy (non-hydrogen) atoms. The van der Waals surface area contributed by atoms with E-state index in [2.05, 4.69) is 29.4 Å². The number of anilines is 1. The van der Waals surface area contributed by atoms with Crippen molar-refractivity contribution in [1.29, 1.82) is 0 Å². The lowest BCUT2D eigenvalue weighted by Gasteiger charge is -2.22. The lowest BCUT2D eigenvalue weighted by molar-refractivity contribution is 0.00490. The summed E-state index contributed by atoms with van der Waals surface area (Å²) in [6.45, 7) is 8.36. The van der Waals surface area contributed by atoms with Crippen molar-refractivity contribution in [1.82, 2.24) is 10.4 Å². The Morgan fingerprint density at radius 3 is 2.67 bits per heavy atom. The second-order valence-corrected chi connectivity index (χ2v) is 5.74. The molecule has 0 radical (unpaired) electrons. The molecule has 134 valence electrons. The molecule has 0 aliphatic carbocycles. The summed E-state index contributed by atoms with van der Waals surface area (Å²) in [4.78, 5) is 19.8. The molecule has 1 unspecified atom stereocenters. The lowest BCUT2D eigenvalue weighted by atomic mass is 10.1. The zero-order valence-electron chi connectivity index (χ0n) is 14.3. The molecular formula is C16H25ClN4O3. The Morgan fingerprint density at radius 1 is 1.46 bits per heavy atom. The van der Waals surface area contributed by atoms with Gasteiger partial charge in [-0.05, 0) is 44.6 Å². The standard InChI is InChI=1S/C16H25ClN4O3/c1-4-21(5-2)9-8-15(11(3)19-23)24-20-16(22)12-6-7-14(18)13(17)10-12/h6-7,10,15,23H,4-5,8-9,18H2,1-3H3,(H,20,22)/b19-11+. The van der Waals surface area contributed by atoms with Crippen LogP contribution in [0.15, 0.2) is 23.4 Å². The third-order valence-electron chi connectivity index (χ3n) is 3.78. The molecule has 0 aliphatic rings. The van der Waals surface area contributed by atoms with Gasteiger partial charge in [0.25, 0.3) is 5.91 Å². The number of nitrogens with zero attached hydrogens (tertiary/aromatic N) is 2. The molecule has 0 spiro atoms. The number of rotatable bonds is 9. The first kappa shape index (κ1) is 20.2. The minimum atomic E-state index is -0.524. The third kappa shape index (κ3) is 5.99. The second-order valence-electron chi connectivity index (χ2n) is 5.33. The molecule has 0 aromatic heterocycles. The van der Waals surface area contributed by atoms with Gasteiger partial charge in [0.15, 0.2) is 0 Å². The van der Waals surface area contributed by atoms with Crippen LogP contribution in [0.25, 0.3) is 0 Å². The number of halogens is 1. The maximum absolute atomic E-state index is 12.1. The molecular weight excluding hydrogens is 332 g/mol. The smallest absolute Gasteiger partial charge is 0.274 e. The molecule has 4 N–H and O–H groups in total. The number of oxime groups is 1. The van der Waals surface area contributed by atoms with E-state index < -0.39 is 12.0 Å². The van der Waals surface area contributed by atoms with Crippen LogP contribution in [-0.2, 0) is 4.84 Å². The van der Waals surface area contributed by atoms with Crippen LogP contribution in [-0.4, -0.2) is 47.5 Å². The maximum atomic E-state index is 12.1. The first-order valence-corrected chi connectivity index (χ1v) is 8.22. The van der Waals surface area contributed by atoms with E-state index in [0.717, 1.165) is 19.6 Å². The van der Waals surface area contributed by atoms with Crippen molar-refractivity contribution >= 4 is 28.9 Å². The maximum Gasteiger partial charge on any atom is 0.274 e. The van der Waals surface area contributed by atoms with Crippen LogP contribution in [0.4, 0.5) is 5.69 Å². The van der Waals surface area contributed by atoms with Gasteiger partial charge in [0.05, 0.1) is 16.4 Å². The Labute approximate surface area is 147 Å². The molecule has 1 atom stereocenters. The van der Waals surface area contributed by atoms with Crippen LogP contribution in [0.1, 0.15) is 37.6 Å². The Bertz CT molecular complexity index is 576. The highest BCUT2D eigenvalue weighted by Gasteiger charge is 2.18. The molecule has 0 aliphatic heterocycles. The SMILES string of the molecule is CCN(CC)CCC(ONC(=O)c1ccc(N)c(Cl)c1)/C(C)=N/O. The number of carbonyl (C=O) groups is 1. The summed E-state index contributed by atoms with van der Waals surface area (Å²) in [5.74, 6) is -0.449. The van der Waals surface area contributed by atoms with Gasteiger partial charge in [-0.2, -0.15) is 0 Å². The summed E-state index contributed by atoms with van der Waals surface area (Å²) < 4.78 is 0. The van der Waals surface area contributed by atoms with Gasteiger partial charge in [0.1, 0.15) is 6.10 Å². The van der Waals surface area contributed by atoms with Crippen LogP contribution in [0.2, 0.25) is 5.02 Å². The van der Waals surface area contributed by atoms with Crippen molar-refractivity contribution < 1.29 is 14.8 Å². The average molecular weight is 357 g/mol. The minimum Gasteiger partial charge on any atom is -0.411 e. The Balaban J connectivity index is 2.66. The average Bonchev–Trinajstić information content (AvgIpc) is 2.59. The van der Waals surface area contributed by atoms with Crippen molar-refractivity contribution in [2.45, 2.75) is 33.3 Å². The van der Waals surface area contributed by atoms with E-state index in [9.17, 15) is 4.79 Å². The van der Waals surface area contributed by atoms with Gasteiger partial charge in [-0.15, -0.1) is 0 Å². The lowest BCUT2D eigenvalue weighted by Crippen LogP contribution is -2.36. The van der Waals surface area contributed by atoms with Gasteiger partial charge >= 0.3 is 0 Å². The van der Waals surface area contributed by atoms with Gasteiger partial charge in [-0.1, -0.05) is 30.6 Å². The van der Waals surface area contributed by atoms with E-state index >= 15 is 0 Å². The van der Waals surface area contributed by atoms with Crippen LogP contribution in [0.5, 0.6) is 0 Å². The fourth-order valence-electron chi connectivity index (χ4n) is 2.11. The summed E-state index contributed by atoms with van der Waals surface area (Å²) >= 11 is 5.91. The molecule has 1 rings (SSSR count). The van der Waals surface area contributed by atoms with Gasteiger partial charge in [0.2, 0.25) is 0 Å². The summed E-state index contributed by atoms with van der Waals surface area (Å²) in [6.07, 6.45) is 0.0594. The highest BCUT2D eigenvalue weighted by molar-refractivity contribution is 6.33. The van der Waals surface area contributed by atoms with Crippen LogP contribution in [0, 0.1) is 0 Å². The summed E-state index contributed by atoms with van der Waals surface area (Å²) in [5, 5.41) is 12.5. The van der Waals surface area contributed by atoms with Crippen molar-refractivity contribution in [3.63, 3.8) is 0 Å². The van der Waals surface area contributed by atoms with Crippen LogP contribution < -0.4 is 11.2 Å². The third-order valence-corrected chi connectivity index (χ3v) is 4.11. The van der Waals surface area contributed by atoms with E-state index in [4.69, 9.17) is 27.4 Å². The fourth-order valence-corrected chi connectivity index (χ4v) is 2.29.